The van der Waals surface area contributed by atoms with Crippen LogP contribution in [-0.4, -0.2) is 19.6 Å². The van der Waals surface area contributed by atoms with Crippen LogP contribution in [0.15, 0.2) is 48.5 Å². The molecule has 0 heterocycles. The fraction of sp³-hybridized carbons (Fsp3) is 0.368. The van der Waals surface area contributed by atoms with Gasteiger partial charge in [0.15, 0.2) is 0 Å². The van der Waals surface area contributed by atoms with Gasteiger partial charge in [-0.15, -0.1) is 0 Å². The Kier molecular flexibility index (Phi) is 5.40. The lowest BCUT2D eigenvalue weighted by Gasteiger charge is -2.25. The van der Waals surface area contributed by atoms with Crippen LogP contribution in [0.4, 0.5) is 5.69 Å². The molecule has 0 aromatic heterocycles. The topological polar surface area (TPSA) is 29.3 Å². The third kappa shape index (κ3) is 4.61. The normalized spacial score (nSPS) is 12.2. The van der Waals surface area contributed by atoms with E-state index in [1.54, 1.807) is 0 Å². The van der Waals surface area contributed by atoms with Gasteiger partial charge in [0.2, 0.25) is 0 Å². The van der Waals surface area contributed by atoms with Crippen LogP contribution < -0.4 is 10.6 Å². The molecule has 2 N–H and O–H groups in total. The summed E-state index contributed by atoms with van der Waals surface area (Å²) in [6.07, 6.45) is 2.06. The van der Waals surface area contributed by atoms with E-state index in [4.69, 9.17) is 5.73 Å². The largest absolute Gasteiger partial charge is 0.373 e. The summed E-state index contributed by atoms with van der Waals surface area (Å²) in [4.78, 5) is 2.27. The number of nitrogens with zero attached hydrogens (tertiary/aromatic N) is 1. The Bertz CT molecular complexity index is 563. The summed E-state index contributed by atoms with van der Waals surface area (Å²) in [5, 5.41) is 0. The molecule has 1 unspecified atom stereocenters. The first-order valence-corrected chi connectivity index (χ1v) is 7.64. The van der Waals surface area contributed by atoms with Gasteiger partial charge in [-0.1, -0.05) is 48.0 Å². The number of aryl methyl sites for hydroxylation is 3. The molecule has 1 atom stereocenters. The van der Waals surface area contributed by atoms with Crippen molar-refractivity contribution < 1.29 is 0 Å². The number of rotatable bonds is 6. The molecule has 0 radical (unpaired) electrons. The number of benzene rings is 2. The Morgan fingerprint density at radius 3 is 2.43 bits per heavy atom. The minimum atomic E-state index is 0.191. The molecular formula is C19H26N2. The van der Waals surface area contributed by atoms with Crippen LogP contribution in [0, 0.1) is 13.8 Å². The molecule has 2 heteroatoms. The molecule has 2 nitrogen and oxygen atoms in total. The molecule has 0 fully saturated rings. The van der Waals surface area contributed by atoms with Gasteiger partial charge in [-0.2, -0.15) is 0 Å². The molecule has 0 bridgehead atoms. The van der Waals surface area contributed by atoms with Crippen LogP contribution in [0.5, 0.6) is 0 Å². The van der Waals surface area contributed by atoms with Crippen molar-refractivity contribution in [2.45, 2.75) is 32.7 Å². The lowest BCUT2D eigenvalue weighted by Crippen LogP contribution is -2.36. The maximum atomic E-state index is 6.30. The number of likely N-dealkylation sites (N-methyl/N-ethyl adjacent to an activating group) is 1. The molecule has 112 valence electrons. The van der Waals surface area contributed by atoms with E-state index in [2.05, 4.69) is 74.3 Å². The van der Waals surface area contributed by atoms with E-state index in [9.17, 15) is 0 Å². The number of nitrogens with two attached hydrogens (primary N) is 1. The Labute approximate surface area is 128 Å². The van der Waals surface area contributed by atoms with Crippen molar-refractivity contribution in [1.82, 2.24) is 0 Å². The van der Waals surface area contributed by atoms with Crippen LogP contribution in [0.3, 0.4) is 0 Å². The molecule has 0 aliphatic carbocycles. The fourth-order valence-corrected chi connectivity index (χ4v) is 2.77. The zero-order valence-corrected chi connectivity index (χ0v) is 13.3. The molecule has 0 aliphatic heterocycles. The third-order valence-corrected chi connectivity index (χ3v) is 3.92. The summed E-state index contributed by atoms with van der Waals surface area (Å²) in [6, 6.07) is 17.3. The first-order valence-electron chi connectivity index (χ1n) is 7.64. The third-order valence-electron chi connectivity index (χ3n) is 3.92. The van der Waals surface area contributed by atoms with Crippen LogP contribution >= 0.6 is 0 Å². The smallest absolute Gasteiger partial charge is 0.0394 e. The summed E-state index contributed by atoms with van der Waals surface area (Å²) in [5.74, 6) is 0. The molecule has 2 aromatic rings. The van der Waals surface area contributed by atoms with Gasteiger partial charge in [-0.25, -0.2) is 0 Å². The lowest BCUT2D eigenvalue weighted by atomic mass is 10.0. The van der Waals surface area contributed by atoms with Gasteiger partial charge in [-0.05, 0) is 43.9 Å². The van der Waals surface area contributed by atoms with Gasteiger partial charge in [-0.3, -0.25) is 0 Å². The lowest BCUT2D eigenvalue weighted by molar-refractivity contribution is 0.606. The van der Waals surface area contributed by atoms with Crippen molar-refractivity contribution in [1.29, 1.82) is 0 Å². The van der Waals surface area contributed by atoms with E-state index in [1.807, 2.05) is 0 Å². The molecule has 0 saturated carbocycles. The Morgan fingerprint density at radius 1 is 1.05 bits per heavy atom. The zero-order valence-electron chi connectivity index (χ0n) is 13.3. The molecular weight excluding hydrogens is 256 g/mol. The highest BCUT2D eigenvalue weighted by atomic mass is 15.1. The Hall–Kier alpha value is -1.80. The Balaban J connectivity index is 1.88. The highest BCUT2D eigenvalue weighted by molar-refractivity contribution is 5.53. The maximum Gasteiger partial charge on any atom is 0.0394 e. The minimum Gasteiger partial charge on any atom is -0.373 e. The molecule has 0 amide bonds. The molecule has 0 saturated heterocycles. The molecule has 2 rings (SSSR count). The standard InChI is InChI=1S/C19H26N2/c1-15-9-12-19(16(2)13-15)21(3)14-18(20)11-10-17-7-5-4-6-8-17/h4-9,12-13,18H,10-11,14,20H2,1-3H3. The van der Waals surface area contributed by atoms with Crippen LogP contribution in [0.2, 0.25) is 0 Å². The summed E-state index contributed by atoms with van der Waals surface area (Å²) in [7, 11) is 2.13. The molecule has 2 aromatic carbocycles. The quantitative estimate of drug-likeness (QED) is 0.875. The average Bonchev–Trinajstić information content (AvgIpc) is 2.46. The van der Waals surface area contributed by atoms with E-state index in [1.165, 1.54) is 22.4 Å². The first-order chi connectivity index (χ1) is 10.1. The van der Waals surface area contributed by atoms with Gasteiger partial charge in [0.25, 0.3) is 0 Å². The molecule has 0 aliphatic rings. The van der Waals surface area contributed by atoms with Gasteiger partial charge >= 0.3 is 0 Å². The highest BCUT2D eigenvalue weighted by Crippen LogP contribution is 2.20. The van der Waals surface area contributed by atoms with Gasteiger partial charge in [0.05, 0.1) is 0 Å². The SMILES string of the molecule is Cc1ccc(N(C)CC(N)CCc2ccccc2)c(C)c1. The van der Waals surface area contributed by atoms with Crippen molar-refractivity contribution in [3.63, 3.8) is 0 Å². The van der Waals surface area contributed by atoms with E-state index in [0.29, 0.717) is 0 Å². The van der Waals surface area contributed by atoms with Crippen molar-refractivity contribution in [2.24, 2.45) is 5.73 Å². The van der Waals surface area contributed by atoms with Crippen LogP contribution in [-0.2, 0) is 6.42 Å². The summed E-state index contributed by atoms with van der Waals surface area (Å²) >= 11 is 0. The zero-order chi connectivity index (χ0) is 15.2. The molecule has 0 spiro atoms. The summed E-state index contributed by atoms with van der Waals surface area (Å²) < 4.78 is 0. The first kappa shape index (κ1) is 15.6. The summed E-state index contributed by atoms with van der Waals surface area (Å²) in [5.41, 5.74) is 11.6. The predicted octanol–water partition coefficient (Wildman–Crippen LogP) is 3.70. The Morgan fingerprint density at radius 2 is 1.76 bits per heavy atom. The second kappa shape index (κ2) is 7.28. The second-order valence-corrected chi connectivity index (χ2v) is 5.95. The molecule has 21 heavy (non-hydrogen) atoms. The minimum absolute atomic E-state index is 0.191. The van der Waals surface area contributed by atoms with E-state index in [0.717, 1.165) is 19.4 Å². The van der Waals surface area contributed by atoms with Gasteiger partial charge in [0, 0.05) is 25.3 Å². The predicted molar refractivity (Wildman–Crippen MR) is 91.9 cm³/mol. The van der Waals surface area contributed by atoms with Crippen molar-refractivity contribution >= 4 is 5.69 Å². The highest BCUT2D eigenvalue weighted by Gasteiger charge is 2.10. The van der Waals surface area contributed by atoms with E-state index >= 15 is 0 Å². The van der Waals surface area contributed by atoms with E-state index in [-0.39, 0.29) is 6.04 Å². The maximum absolute atomic E-state index is 6.30. The van der Waals surface area contributed by atoms with Crippen molar-refractivity contribution in [3.8, 4) is 0 Å². The van der Waals surface area contributed by atoms with Gasteiger partial charge in [0.1, 0.15) is 0 Å². The summed E-state index contributed by atoms with van der Waals surface area (Å²) in [6.45, 7) is 5.17. The average molecular weight is 282 g/mol. The van der Waals surface area contributed by atoms with Crippen molar-refractivity contribution in [2.75, 3.05) is 18.5 Å². The number of anilines is 1. The van der Waals surface area contributed by atoms with Crippen LogP contribution in [0.1, 0.15) is 23.1 Å². The van der Waals surface area contributed by atoms with Gasteiger partial charge < -0.3 is 10.6 Å². The monoisotopic (exact) mass is 282 g/mol. The van der Waals surface area contributed by atoms with Crippen molar-refractivity contribution in [3.05, 3.63) is 65.2 Å². The second-order valence-electron chi connectivity index (χ2n) is 5.95. The fourth-order valence-electron chi connectivity index (χ4n) is 2.77. The van der Waals surface area contributed by atoms with Crippen LogP contribution in [0.25, 0.3) is 0 Å². The number of hydrogen-bond acceptors (Lipinski definition) is 2. The number of hydrogen-bond donors (Lipinski definition) is 1. The van der Waals surface area contributed by atoms with E-state index < -0.39 is 0 Å².